The molecule has 1 heterocycles. The van der Waals surface area contributed by atoms with E-state index >= 15 is 0 Å². The zero-order chi connectivity index (χ0) is 23.7. The van der Waals surface area contributed by atoms with Crippen LogP contribution in [0.1, 0.15) is 35.4 Å². The minimum atomic E-state index is 0.138. The fourth-order valence-electron chi connectivity index (χ4n) is 4.71. The highest BCUT2D eigenvalue weighted by Crippen LogP contribution is 2.31. The Morgan fingerprint density at radius 1 is 0.853 bits per heavy atom. The molecule has 0 saturated carbocycles. The van der Waals surface area contributed by atoms with Crippen LogP contribution in [0.4, 0.5) is 0 Å². The summed E-state index contributed by atoms with van der Waals surface area (Å²) in [6, 6.07) is 27.4. The van der Waals surface area contributed by atoms with Crippen LogP contribution < -0.4 is 9.47 Å². The molecule has 34 heavy (non-hydrogen) atoms. The van der Waals surface area contributed by atoms with E-state index in [1.54, 1.807) is 7.11 Å². The fourth-order valence-corrected chi connectivity index (χ4v) is 4.71. The monoisotopic (exact) mass is 450 g/mol. The van der Waals surface area contributed by atoms with Gasteiger partial charge in [-0.1, -0.05) is 61.5 Å². The second-order valence-corrected chi connectivity index (χ2v) is 8.87. The third kappa shape index (κ3) is 4.12. The molecule has 1 unspecified atom stereocenters. The number of aromatic nitrogens is 2. The van der Waals surface area contributed by atoms with E-state index in [0.717, 1.165) is 46.0 Å². The van der Waals surface area contributed by atoms with Gasteiger partial charge in [-0.25, -0.2) is 4.98 Å². The molecule has 0 aliphatic heterocycles. The van der Waals surface area contributed by atoms with Crippen molar-refractivity contribution in [1.29, 1.82) is 0 Å². The molecule has 0 fully saturated rings. The van der Waals surface area contributed by atoms with Crippen molar-refractivity contribution < 1.29 is 9.47 Å². The van der Waals surface area contributed by atoms with Crippen LogP contribution in [0.25, 0.3) is 21.8 Å². The zero-order valence-corrected chi connectivity index (χ0v) is 20.2. The summed E-state index contributed by atoms with van der Waals surface area (Å²) in [5.74, 6) is 3.05. The molecule has 0 N–H and O–H groups in total. The number of ether oxygens (including phenoxy) is 2. The van der Waals surface area contributed by atoms with Crippen LogP contribution in [0.15, 0.2) is 78.9 Å². The van der Waals surface area contributed by atoms with Gasteiger partial charge in [-0.05, 0) is 65.6 Å². The minimum Gasteiger partial charge on any atom is -0.497 e. The molecular weight excluding hydrogens is 420 g/mol. The number of fused-ring (bicyclic) bond motifs is 2. The van der Waals surface area contributed by atoms with Crippen molar-refractivity contribution >= 4 is 21.8 Å². The van der Waals surface area contributed by atoms with E-state index in [1.165, 1.54) is 16.3 Å². The standard InChI is InChI=1S/C30H30N2O2/c1-20-8-7-9-21(2)29(20)34-17-16-32-28-11-6-5-10-27(28)31-30(32)22(3)23-12-13-25-19-26(33-4)15-14-24(25)18-23/h5-15,18-19,22H,16-17H2,1-4H3. The average molecular weight is 451 g/mol. The fraction of sp³-hybridized carbons (Fsp3) is 0.233. The summed E-state index contributed by atoms with van der Waals surface area (Å²) in [5.41, 5.74) is 5.72. The number of hydrogen-bond donors (Lipinski definition) is 0. The van der Waals surface area contributed by atoms with Crippen molar-refractivity contribution in [3.63, 3.8) is 0 Å². The van der Waals surface area contributed by atoms with E-state index in [-0.39, 0.29) is 5.92 Å². The summed E-state index contributed by atoms with van der Waals surface area (Å²) in [6.45, 7) is 7.74. The Morgan fingerprint density at radius 3 is 2.38 bits per heavy atom. The third-order valence-corrected chi connectivity index (χ3v) is 6.61. The van der Waals surface area contributed by atoms with Crippen molar-refractivity contribution in [2.45, 2.75) is 33.2 Å². The molecule has 4 nitrogen and oxygen atoms in total. The molecule has 5 aromatic rings. The van der Waals surface area contributed by atoms with E-state index in [0.29, 0.717) is 6.61 Å². The van der Waals surface area contributed by atoms with Crippen LogP contribution in [0, 0.1) is 13.8 Å². The Hall–Kier alpha value is -3.79. The number of nitrogens with zero attached hydrogens (tertiary/aromatic N) is 2. The van der Waals surface area contributed by atoms with Crippen molar-refractivity contribution in [2.75, 3.05) is 13.7 Å². The lowest BCUT2D eigenvalue weighted by molar-refractivity contribution is 0.294. The van der Waals surface area contributed by atoms with Gasteiger partial charge < -0.3 is 14.0 Å². The van der Waals surface area contributed by atoms with Crippen LogP contribution in [-0.4, -0.2) is 23.3 Å². The van der Waals surface area contributed by atoms with E-state index in [2.05, 4.69) is 92.1 Å². The molecule has 4 heteroatoms. The molecule has 0 saturated heterocycles. The lowest BCUT2D eigenvalue weighted by atomic mass is 9.97. The van der Waals surface area contributed by atoms with Crippen LogP contribution >= 0.6 is 0 Å². The maximum Gasteiger partial charge on any atom is 0.125 e. The molecule has 5 rings (SSSR count). The topological polar surface area (TPSA) is 36.3 Å². The first kappa shape index (κ1) is 22.0. The summed E-state index contributed by atoms with van der Waals surface area (Å²) in [7, 11) is 1.70. The molecule has 4 aromatic carbocycles. The number of aryl methyl sites for hydroxylation is 2. The van der Waals surface area contributed by atoms with Gasteiger partial charge in [0.15, 0.2) is 0 Å². The lowest BCUT2D eigenvalue weighted by Gasteiger charge is -2.17. The van der Waals surface area contributed by atoms with Crippen molar-refractivity contribution in [2.24, 2.45) is 0 Å². The summed E-state index contributed by atoms with van der Waals surface area (Å²) >= 11 is 0. The number of rotatable bonds is 7. The summed E-state index contributed by atoms with van der Waals surface area (Å²) in [6.07, 6.45) is 0. The van der Waals surface area contributed by atoms with Gasteiger partial charge in [-0.2, -0.15) is 0 Å². The van der Waals surface area contributed by atoms with Gasteiger partial charge in [0.2, 0.25) is 0 Å². The largest absolute Gasteiger partial charge is 0.497 e. The predicted molar refractivity (Wildman–Crippen MR) is 139 cm³/mol. The third-order valence-electron chi connectivity index (χ3n) is 6.61. The first-order valence-corrected chi connectivity index (χ1v) is 11.8. The summed E-state index contributed by atoms with van der Waals surface area (Å²) in [5, 5.41) is 2.37. The number of imidazole rings is 1. The predicted octanol–water partition coefficient (Wildman–Crippen LogP) is 7.05. The lowest BCUT2D eigenvalue weighted by Crippen LogP contribution is -2.14. The number of hydrogen-bond acceptors (Lipinski definition) is 3. The van der Waals surface area contributed by atoms with Gasteiger partial charge in [-0.15, -0.1) is 0 Å². The first-order chi connectivity index (χ1) is 16.5. The van der Waals surface area contributed by atoms with Gasteiger partial charge in [0, 0.05) is 5.92 Å². The second-order valence-electron chi connectivity index (χ2n) is 8.87. The molecule has 0 aliphatic carbocycles. The Labute approximate surface area is 200 Å². The first-order valence-electron chi connectivity index (χ1n) is 11.8. The Bertz CT molecular complexity index is 1450. The molecule has 1 aromatic heterocycles. The normalized spacial score (nSPS) is 12.2. The molecule has 0 bridgehead atoms. The highest BCUT2D eigenvalue weighted by molar-refractivity contribution is 5.85. The second kappa shape index (κ2) is 9.22. The Kier molecular flexibility index (Phi) is 5.97. The van der Waals surface area contributed by atoms with Gasteiger partial charge in [0.1, 0.15) is 23.9 Å². The zero-order valence-electron chi connectivity index (χ0n) is 20.2. The average Bonchev–Trinajstić information content (AvgIpc) is 3.23. The van der Waals surface area contributed by atoms with E-state index in [1.807, 2.05) is 12.1 Å². The van der Waals surface area contributed by atoms with Crippen LogP contribution in [0.5, 0.6) is 11.5 Å². The van der Waals surface area contributed by atoms with Crippen molar-refractivity contribution in [3.05, 3.63) is 101 Å². The maximum absolute atomic E-state index is 6.25. The SMILES string of the molecule is COc1ccc2cc(C(C)c3nc4ccccc4n3CCOc3c(C)cccc3C)ccc2c1. The Morgan fingerprint density at radius 2 is 1.59 bits per heavy atom. The van der Waals surface area contributed by atoms with Crippen molar-refractivity contribution in [1.82, 2.24) is 9.55 Å². The van der Waals surface area contributed by atoms with E-state index in [4.69, 9.17) is 14.5 Å². The molecule has 0 radical (unpaired) electrons. The highest BCUT2D eigenvalue weighted by Gasteiger charge is 2.19. The van der Waals surface area contributed by atoms with E-state index in [9.17, 15) is 0 Å². The summed E-state index contributed by atoms with van der Waals surface area (Å²) < 4.78 is 13.9. The van der Waals surface area contributed by atoms with Gasteiger partial charge in [0.25, 0.3) is 0 Å². The van der Waals surface area contributed by atoms with Crippen LogP contribution in [0.2, 0.25) is 0 Å². The van der Waals surface area contributed by atoms with Crippen LogP contribution in [0.3, 0.4) is 0 Å². The quantitative estimate of drug-likeness (QED) is 0.267. The molecule has 0 aliphatic rings. The highest BCUT2D eigenvalue weighted by atomic mass is 16.5. The minimum absolute atomic E-state index is 0.138. The number of methoxy groups -OCH3 is 1. The smallest absolute Gasteiger partial charge is 0.125 e. The number of para-hydroxylation sites is 3. The molecule has 0 spiro atoms. The molecule has 1 atom stereocenters. The summed E-state index contributed by atoms with van der Waals surface area (Å²) in [4.78, 5) is 5.04. The van der Waals surface area contributed by atoms with Gasteiger partial charge in [0.05, 0.1) is 24.7 Å². The van der Waals surface area contributed by atoms with Gasteiger partial charge in [-0.3, -0.25) is 0 Å². The van der Waals surface area contributed by atoms with Gasteiger partial charge >= 0.3 is 0 Å². The Balaban J connectivity index is 1.47. The molecule has 0 amide bonds. The maximum atomic E-state index is 6.25. The van der Waals surface area contributed by atoms with Crippen LogP contribution in [-0.2, 0) is 6.54 Å². The molecule has 172 valence electrons. The van der Waals surface area contributed by atoms with Crippen molar-refractivity contribution in [3.8, 4) is 11.5 Å². The molecular formula is C30H30N2O2. The number of benzene rings is 4. The van der Waals surface area contributed by atoms with E-state index < -0.39 is 0 Å².